The van der Waals surface area contributed by atoms with Gasteiger partial charge < -0.3 is 11.1 Å². The first-order valence-corrected chi connectivity index (χ1v) is 6.67. The SMILES string of the molecule is Nc1ccc(NCc2ccc(Cl)s2)c(Br)c1. The number of hydrogen-bond acceptors (Lipinski definition) is 3. The van der Waals surface area contributed by atoms with Crippen LogP contribution in [-0.4, -0.2) is 0 Å². The molecule has 2 rings (SSSR count). The van der Waals surface area contributed by atoms with Crippen LogP contribution in [0.4, 0.5) is 11.4 Å². The van der Waals surface area contributed by atoms with E-state index in [-0.39, 0.29) is 0 Å². The number of hydrogen-bond donors (Lipinski definition) is 2. The summed E-state index contributed by atoms with van der Waals surface area (Å²) in [6, 6.07) is 9.62. The highest BCUT2D eigenvalue weighted by molar-refractivity contribution is 9.10. The highest BCUT2D eigenvalue weighted by Gasteiger charge is 2.01. The van der Waals surface area contributed by atoms with E-state index in [2.05, 4.69) is 21.2 Å². The molecular weight excluding hydrogens is 308 g/mol. The third kappa shape index (κ3) is 2.90. The van der Waals surface area contributed by atoms with Crippen molar-refractivity contribution in [1.82, 2.24) is 0 Å². The molecule has 0 aliphatic rings. The second kappa shape index (κ2) is 5.08. The summed E-state index contributed by atoms with van der Waals surface area (Å²) < 4.78 is 1.78. The van der Waals surface area contributed by atoms with Crippen molar-refractivity contribution in [3.8, 4) is 0 Å². The molecule has 1 aromatic carbocycles. The smallest absolute Gasteiger partial charge is 0.0931 e. The molecule has 1 heterocycles. The van der Waals surface area contributed by atoms with Gasteiger partial charge in [0.05, 0.1) is 4.34 Å². The van der Waals surface area contributed by atoms with Crippen molar-refractivity contribution in [3.05, 3.63) is 44.0 Å². The van der Waals surface area contributed by atoms with Crippen molar-refractivity contribution in [2.45, 2.75) is 6.54 Å². The van der Waals surface area contributed by atoms with Gasteiger partial charge in [-0.1, -0.05) is 11.6 Å². The van der Waals surface area contributed by atoms with Gasteiger partial charge in [-0.2, -0.15) is 0 Å². The average molecular weight is 318 g/mol. The van der Waals surface area contributed by atoms with Crippen molar-refractivity contribution in [3.63, 3.8) is 0 Å². The lowest BCUT2D eigenvalue weighted by Gasteiger charge is -2.07. The van der Waals surface area contributed by atoms with Gasteiger partial charge in [-0.25, -0.2) is 0 Å². The van der Waals surface area contributed by atoms with Gasteiger partial charge in [-0.05, 0) is 46.3 Å². The number of anilines is 2. The van der Waals surface area contributed by atoms with Crippen molar-refractivity contribution in [2.75, 3.05) is 11.1 Å². The summed E-state index contributed by atoms with van der Waals surface area (Å²) >= 11 is 10.9. The second-order valence-electron chi connectivity index (χ2n) is 3.30. The molecule has 84 valence electrons. The maximum absolute atomic E-state index is 5.86. The number of nitrogens with one attached hydrogen (secondary N) is 1. The van der Waals surface area contributed by atoms with E-state index in [4.69, 9.17) is 17.3 Å². The van der Waals surface area contributed by atoms with Crippen molar-refractivity contribution >= 4 is 50.2 Å². The Bertz CT molecular complexity index is 498. The van der Waals surface area contributed by atoms with Gasteiger partial charge in [0.25, 0.3) is 0 Å². The fourth-order valence-corrected chi connectivity index (χ4v) is 2.87. The molecule has 0 bridgehead atoms. The fourth-order valence-electron chi connectivity index (χ4n) is 1.30. The molecule has 0 unspecified atom stereocenters. The summed E-state index contributed by atoms with van der Waals surface area (Å²) in [5.74, 6) is 0. The molecule has 0 aliphatic carbocycles. The van der Waals surface area contributed by atoms with E-state index < -0.39 is 0 Å². The quantitative estimate of drug-likeness (QED) is 0.826. The zero-order valence-corrected chi connectivity index (χ0v) is 11.5. The van der Waals surface area contributed by atoms with E-state index in [9.17, 15) is 0 Å². The Hall–Kier alpha value is -0.710. The van der Waals surface area contributed by atoms with E-state index in [1.165, 1.54) is 4.88 Å². The molecule has 2 aromatic rings. The molecule has 0 atom stereocenters. The van der Waals surface area contributed by atoms with E-state index in [0.717, 1.165) is 26.7 Å². The molecular formula is C11H10BrClN2S. The monoisotopic (exact) mass is 316 g/mol. The molecule has 2 nitrogen and oxygen atoms in total. The van der Waals surface area contributed by atoms with Crippen LogP contribution in [0.5, 0.6) is 0 Å². The summed E-state index contributed by atoms with van der Waals surface area (Å²) in [4.78, 5) is 1.20. The van der Waals surface area contributed by atoms with Crippen LogP contribution in [-0.2, 0) is 6.54 Å². The first-order valence-electron chi connectivity index (χ1n) is 4.68. The van der Waals surface area contributed by atoms with E-state index in [0.29, 0.717) is 0 Å². The molecule has 3 N–H and O–H groups in total. The van der Waals surface area contributed by atoms with Crippen LogP contribution in [0.15, 0.2) is 34.8 Å². The van der Waals surface area contributed by atoms with Gasteiger partial charge in [0.2, 0.25) is 0 Å². The summed E-state index contributed by atoms with van der Waals surface area (Å²) in [5.41, 5.74) is 7.44. The van der Waals surface area contributed by atoms with Gasteiger partial charge in [0.15, 0.2) is 0 Å². The van der Waals surface area contributed by atoms with E-state index >= 15 is 0 Å². The highest BCUT2D eigenvalue weighted by atomic mass is 79.9. The summed E-state index contributed by atoms with van der Waals surface area (Å²) in [5, 5.41) is 3.32. The minimum absolute atomic E-state index is 0.747. The Balaban J connectivity index is 2.04. The minimum atomic E-state index is 0.747. The number of nitrogens with two attached hydrogens (primary N) is 1. The number of halogens is 2. The molecule has 0 amide bonds. The van der Waals surface area contributed by atoms with E-state index in [1.54, 1.807) is 11.3 Å². The van der Waals surface area contributed by atoms with Crippen LogP contribution in [0, 0.1) is 0 Å². The molecule has 0 saturated heterocycles. The lowest BCUT2D eigenvalue weighted by atomic mass is 10.3. The molecule has 0 aliphatic heterocycles. The average Bonchev–Trinajstić information content (AvgIpc) is 2.63. The van der Waals surface area contributed by atoms with Gasteiger partial charge in [-0.15, -0.1) is 11.3 Å². The molecule has 0 radical (unpaired) electrons. The Morgan fingerprint density at radius 1 is 1.31 bits per heavy atom. The van der Waals surface area contributed by atoms with Crippen LogP contribution in [0.3, 0.4) is 0 Å². The largest absolute Gasteiger partial charge is 0.399 e. The third-order valence-electron chi connectivity index (χ3n) is 2.08. The van der Waals surface area contributed by atoms with Crippen LogP contribution in [0.1, 0.15) is 4.88 Å². The highest BCUT2D eigenvalue weighted by Crippen LogP contribution is 2.27. The number of thiophene rings is 1. The molecule has 0 fully saturated rings. The zero-order chi connectivity index (χ0) is 11.5. The number of nitrogen functional groups attached to an aromatic ring is 1. The maximum atomic E-state index is 5.86. The summed E-state index contributed by atoms with van der Waals surface area (Å²) in [7, 11) is 0. The fraction of sp³-hybridized carbons (Fsp3) is 0.0909. The van der Waals surface area contributed by atoms with Gasteiger partial charge in [0.1, 0.15) is 0 Å². The molecule has 5 heteroatoms. The summed E-state index contributed by atoms with van der Waals surface area (Å²) in [6.07, 6.45) is 0. The van der Waals surface area contributed by atoms with Gasteiger partial charge in [0, 0.05) is 27.3 Å². The van der Waals surface area contributed by atoms with Crippen LogP contribution < -0.4 is 11.1 Å². The summed E-state index contributed by atoms with van der Waals surface area (Å²) in [6.45, 7) is 0.764. The Labute approximate surface area is 112 Å². The Morgan fingerprint density at radius 3 is 2.75 bits per heavy atom. The molecule has 0 spiro atoms. The van der Waals surface area contributed by atoms with Crippen LogP contribution in [0.25, 0.3) is 0 Å². The topological polar surface area (TPSA) is 38.0 Å². The Morgan fingerprint density at radius 2 is 2.12 bits per heavy atom. The van der Waals surface area contributed by atoms with Crippen LogP contribution in [0.2, 0.25) is 4.34 Å². The first kappa shape index (κ1) is 11.8. The predicted octanol–water partition coefficient (Wildman–Crippen LogP) is 4.36. The number of benzene rings is 1. The van der Waals surface area contributed by atoms with Crippen molar-refractivity contribution in [2.24, 2.45) is 0 Å². The lowest BCUT2D eigenvalue weighted by molar-refractivity contribution is 1.19. The van der Waals surface area contributed by atoms with Crippen LogP contribution >= 0.6 is 38.9 Å². The van der Waals surface area contributed by atoms with Gasteiger partial charge >= 0.3 is 0 Å². The predicted molar refractivity (Wildman–Crippen MR) is 75.2 cm³/mol. The van der Waals surface area contributed by atoms with E-state index in [1.807, 2.05) is 30.3 Å². The second-order valence-corrected chi connectivity index (χ2v) is 5.95. The lowest BCUT2D eigenvalue weighted by Crippen LogP contribution is -1.98. The maximum Gasteiger partial charge on any atom is 0.0931 e. The van der Waals surface area contributed by atoms with Crippen molar-refractivity contribution in [1.29, 1.82) is 0 Å². The molecule has 0 saturated carbocycles. The third-order valence-corrected chi connectivity index (χ3v) is 3.96. The number of rotatable bonds is 3. The zero-order valence-electron chi connectivity index (χ0n) is 8.34. The standard InChI is InChI=1S/C11H10BrClN2S/c12-9-5-7(14)1-3-10(9)15-6-8-2-4-11(13)16-8/h1-5,15H,6,14H2. The Kier molecular flexibility index (Phi) is 3.74. The normalized spacial score (nSPS) is 10.4. The van der Waals surface area contributed by atoms with Crippen molar-refractivity contribution < 1.29 is 0 Å². The molecule has 1 aromatic heterocycles. The molecule has 16 heavy (non-hydrogen) atoms. The minimum Gasteiger partial charge on any atom is -0.399 e. The first-order chi connectivity index (χ1) is 7.65. The van der Waals surface area contributed by atoms with Gasteiger partial charge in [-0.3, -0.25) is 0 Å².